The second-order valence-electron chi connectivity index (χ2n) is 8.47. The Hall–Kier alpha value is -3.10. The number of hydrogen-bond acceptors (Lipinski definition) is 1. The zero-order chi connectivity index (χ0) is 19.2. The number of allylic oxidation sites excluding steroid dienone is 5. The summed E-state index contributed by atoms with van der Waals surface area (Å²) in [6.45, 7) is 2.35. The van der Waals surface area contributed by atoms with E-state index in [0.717, 1.165) is 0 Å². The van der Waals surface area contributed by atoms with Crippen LogP contribution in [-0.2, 0) is 0 Å². The number of para-hydroxylation sites is 1. The van der Waals surface area contributed by atoms with Crippen LogP contribution < -0.4 is 0 Å². The highest BCUT2D eigenvalue weighted by atomic mass is 32.1. The third-order valence-corrected chi connectivity index (χ3v) is 8.11. The molecule has 7 rings (SSSR count). The number of aromatic nitrogens is 1. The van der Waals surface area contributed by atoms with Crippen molar-refractivity contribution in [3.05, 3.63) is 89.4 Å². The van der Waals surface area contributed by atoms with Crippen molar-refractivity contribution < 1.29 is 0 Å². The first-order valence-corrected chi connectivity index (χ1v) is 11.0. The SMILES string of the molecule is CC12C=CC=CC1c1sc3c4[nH]c5ccccc5c4c4ccccc4c3c1C=C2. The number of rotatable bonds is 0. The molecule has 2 heterocycles. The fraction of sp³-hybridized carbons (Fsp3) is 0.111. The highest BCUT2D eigenvalue weighted by Gasteiger charge is 2.36. The van der Waals surface area contributed by atoms with E-state index < -0.39 is 0 Å². The summed E-state index contributed by atoms with van der Waals surface area (Å²) in [5.74, 6) is 0.406. The van der Waals surface area contributed by atoms with Gasteiger partial charge in [0, 0.05) is 37.9 Å². The van der Waals surface area contributed by atoms with Crippen LogP contribution in [0, 0.1) is 5.41 Å². The maximum atomic E-state index is 3.76. The smallest absolute Gasteiger partial charge is 0.0652 e. The van der Waals surface area contributed by atoms with Crippen LogP contribution in [0.3, 0.4) is 0 Å². The second kappa shape index (κ2) is 5.28. The van der Waals surface area contributed by atoms with Crippen molar-refractivity contribution in [3.63, 3.8) is 0 Å². The zero-order valence-corrected chi connectivity index (χ0v) is 16.9. The molecule has 138 valence electrons. The largest absolute Gasteiger partial charge is 0.353 e. The molecule has 2 atom stereocenters. The van der Waals surface area contributed by atoms with Gasteiger partial charge in [0.05, 0.1) is 10.2 Å². The fourth-order valence-electron chi connectivity index (χ4n) is 5.35. The minimum absolute atomic E-state index is 0.0675. The molecule has 1 nitrogen and oxygen atoms in total. The Morgan fingerprint density at radius 1 is 0.862 bits per heavy atom. The molecule has 0 bridgehead atoms. The van der Waals surface area contributed by atoms with E-state index in [1.54, 1.807) is 0 Å². The van der Waals surface area contributed by atoms with Crippen molar-refractivity contribution in [1.29, 1.82) is 0 Å². The molecule has 2 aromatic heterocycles. The first kappa shape index (κ1) is 15.8. The van der Waals surface area contributed by atoms with Crippen molar-refractivity contribution in [2.24, 2.45) is 5.41 Å². The van der Waals surface area contributed by atoms with Crippen LogP contribution in [0.4, 0.5) is 0 Å². The molecule has 0 saturated carbocycles. The van der Waals surface area contributed by atoms with Gasteiger partial charge < -0.3 is 4.98 Å². The highest BCUT2D eigenvalue weighted by molar-refractivity contribution is 7.20. The van der Waals surface area contributed by atoms with E-state index in [1.807, 2.05) is 11.3 Å². The van der Waals surface area contributed by atoms with E-state index >= 15 is 0 Å². The average molecular weight is 390 g/mol. The van der Waals surface area contributed by atoms with Gasteiger partial charge in [-0.05, 0) is 22.4 Å². The summed E-state index contributed by atoms with van der Waals surface area (Å²) in [4.78, 5) is 5.25. The van der Waals surface area contributed by atoms with E-state index in [2.05, 4.69) is 96.9 Å². The molecule has 2 aliphatic carbocycles. The van der Waals surface area contributed by atoms with Crippen molar-refractivity contribution in [3.8, 4) is 0 Å². The van der Waals surface area contributed by atoms with E-state index in [-0.39, 0.29) is 5.41 Å². The van der Waals surface area contributed by atoms with Crippen molar-refractivity contribution in [1.82, 2.24) is 4.98 Å². The number of fused-ring (bicyclic) bond motifs is 12. The number of benzene rings is 3. The lowest BCUT2D eigenvalue weighted by atomic mass is 9.70. The quantitative estimate of drug-likeness (QED) is 0.277. The lowest BCUT2D eigenvalue weighted by Crippen LogP contribution is -2.23. The highest BCUT2D eigenvalue weighted by Crippen LogP contribution is 2.54. The van der Waals surface area contributed by atoms with Crippen LogP contribution in [0.15, 0.2) is 78.9 Å². The number of nitrogens with one attached hydrogen (secondary N) is 1. The lowest BCUT2D eigenvalue weighted by molar-refractivity contribution is 0.487. The van der Waals surface area contributed by atoms with Crippen LogP contribution in [0.25, 0.3) is 48.7 Å². The van der Waals surface area contributed by atoms with Crippen molar-refractivity contribution in [2.75, 3.05) is 0 Å². The Balaban J connectivity index is 1.73. The van der Waals surface area contributed by atoms with Gasteiger partial charge in [-0.3, -0.25) is 0 Å². The third kappa shape index (κ3) is 1.90. The van der Waals surface area contributed by atoms with Gasteiger partial charge in [0.25, 0.3) is 0 Å². The van der Waals surface area contributed by atoms with Gasteiger partial charge in [0.1, 0.15) is 0 Å². The maximum absolute atomic E-state index is 3.76. The number of hydrogen-bond donors (Lipinski definition) is 1. The van der Waals surface area contributed by atoms with Gasteiger partial charge in [0.15, 0.2) is 0 Å². The summed E-state index contributed by atoms with van der Waals surface area (Å²) in [6, 6.07) is 17.6. The summed E-state index contributed by atoms with van der Waals surface area (Å²) in [5, 5.41) is 6.77. The minimum Gasteiger partial charge on any atom is -0.353 e. The Morgan fingerprint density at radius 2 is 1.62 bits per heavy atom. The molecule has 2 unspecified atom stereocenters. The van der Waals surface area contributed by atoms with E-state index in [1.165, 1.54) is 53.1 Å². The van der Waals surface area contributed by atoms with Gasteiger partial charge in [-0.25, -0.2) is 0 Å². The van der Waals surface area contributed by atoms with Crippen molar-refractivity contribution >= 4 is 60.1 Å². The predicted octanol–water partition coefficient (Wildman–Crippen LogP) is 7.93. The molecule has 3 aromatic carbocycles. The zero-order valence-electron chi connectivity index (χ0n) is 16.1. The minimum atomic E-state index is 0.0675. The molecule has 29 heavy (non-hydrogen) atoms. The lowest BCUT2D eigenvalue weighted by Gasteiger charge is -2.35. The number of aromatic amines is 1. The van der Waals surface area contributed by atoms with Gasteiger partial charge in [-0.15, -0.1) is 11.3 Å². The van der Waals surface area contributed by atoms with Crippen molar-refractivity contribution in [2.45, 2.75) is 12.8 Å². The standard InChI is InChI=1S/C27H19NS/c1-27-14-7-6-11-20(27)25-19(13-15-27)23-17-9-3-2-8-16(17)22-18-10-4-5-12-21(18)28-24(22)26(23)29-25/h2-15,20,28H,1H3. The molecular weight excluding hydrogens is 370 g/mol. The molecule has 0 radical (unpaired) electrons. The van der Waals surface area contributed by atoms with E-state index in [4.69, 9.17) is 0 Å². The Labute approximate surface area is 172 Å². The Bertz CT molecular complexity index is 1570. The third-order valence-electron chi connectivity index (χ3n) is 6.80. The van der Waals surface area contributed by atoms with Crippen LogP contribution in [-0.4, -0.2) is 4.98 Å². The summed E-state index contributed by atoms with van der Waals surface area (Å²) in [6.07, 6.45) is 13.9. The monoisotopic (exact) mass is 389 g/mol. The first-order valence-electron chi connectivity index (χ1n) is 10.2. The normalized spacial score (nSPS) is 22.7. The Kier molecular flexibility index (Phi) is 2.87. The average Bonchev–Trinajstić information content (AvgIpc) is 3.32. The molecule has 0 fully saturated rings. The summed E-state index contributed by atoms with van der Waals surface area (Å²) < 4.78 is 1.39. The van der Waals surface area contributed by atoms with Gasteiger partial charge in [0.2, 0.25) is 0 Å². The molecule has 5 aromatic rings. The molecule has 0 amide bonds. The summed E-state index contributed by atoms with van der Waals surface area (Å²) in [7, 11) is 0. The number of H-pyrrole nitrogens is 1. The topological polar surface area (TPSA) is 15.8 Å². The van der Waals surface area contributed by atoms with Crippen LogP contribution in [0.1, 0.15) is 23.3 Å². The Morgan fingerprint density at radius 3 is 2.48 bits per heavy atom. The molecule has 2 aliphatic rings. The van der Waals surface area contributed by atoms with Gasteiger partial charge >= 0.3 is 0 Å². The molecule has 1 N–H and O–H groups in total. The van der Waals surface area contributed by atoms with Gasteiger partial charge in [-0.2, -0.15) is 0 Å². The molecular formula is C27H19NS. The molecule has 0 saturated heterocycles. The number of thiophene rings is 1. The summed E-state index contributed by atoms with van der Waals surface area (Å²) >= 11 is 1.98. The fourth-order valence-corrected chi connectivity index (χ4v) is 6.89. The molecule has 0 aliphatic heterocycles. The second-order valence-corrected chi connectivity index (χ2v) is 9.52. The first-order chi connectivity index (χ1) is 14.2. The van der Waals surface area contributed by atoms with Crippen LogP contribution in [0.5, 0.6) is 0 Å². The van der Waals surface area contributed by atoms with Crippen LogP contribution in [0.2, 0.25) is 0 Å². The summed E-state index contributed by atoms with van der Waals surface area (Å²) in [5.41, 5.74) is 3.97. The van der Waals surface area contributed by atoms with E-state index in [9.17, 15) is 0 Å². The maximum Gasteiger partial charge on any atom is 0.0652 e. The molecule has 2 heteroatoms. The van der Waals surface area contributed by atoms with Crippen LogP contribution >= 0.6 is 11.3 Å². The van der Waals surface area contributed by atoms with E-state index in [0.29, 0.717) is 5.92 Å². The van der Waals surface area contributed by atoms with Gasteiger partial charge in [-0.1, -0.05) is 85.8 Å². The predicted molar refractivity (Wildman–Crippen MR) is 127 cm³/mol. The molecule has 0 spiro atoms.